The van der Waals surface area contributed by atoms with Crippen LogP contribution in [0.2, 0.25) is 0 Å². The van der Waals surface area contributed by atoms with Crippen molar-refractivity contribution in [1.29, 1.82) is 0 Å². The molecule has 0 aromatic carbocycles. The fourth-order valence-electron chi connectivity index (χ4n) is 3.29. The average molecular weight is 592 g/mol. The first kappa shape index (κ1) is 35.6. The molecule has 15 heteroatoms. The summed E-state index contributed by atoms with van der Waals surface area (Å²) in [6.07, 6.45) is 1.85. The maximum atomic E-state index is 12.7. The summed E-state index contributed by atoms with van der Waals surface area (Å²) in [5, 5.41) is 4.61. The van der Waals surface area contributed by atoms with Crippen LogP contribution in [0.5, 0.6) is 0 Å². The fourth-order valence-corrected chi connectivity index (χ4v) is 4.48. The van der Waals surface area contributed by atoms with Crippen molar-refractivity contribution in [2.24, 2.45) is 0 Å². The van der Waals surface area contributed by atoms with Crippen LogP contribution in [-0.2, 0) is 52.5 Å². The van der Waals surface area contributed by atoms with Crippen molar-refractivity contribution in [2.75, 3.05) is 84.9 Å². The second-order valence-corrected chi connectivity index (χ2v) is 9.55. The molecule has 0 bridgehead atoms. The molecule has 1 heterocycles. The van der Waals surface area contributed by atoms with Crippen molar-refractivity contribution in [1.82, 2.24) is 15.5 Å². The molecule has 228 valence electrons. The number of nitrogens with one attached hydrogen (secondary N) is 2. The van der Waals surface area contributed by atoms with Crippen LogP contribution < -0.4 is 10.6 Å². The molecule has 0 aromatic heterocycles. The zero-order valence-electron chi connectivity index (χ0n) is 23.0. The Morgan fingerprint density at radius 3 is 2.12 bits per heavy atom. The molecule has 0 aliphatic carbocycles. The molecule has 1 aliphatic heterocycles. The van der Waals surface area contributed by atoms with E-state index >= 15 is 0 Å². The highest BCUT2D eigenvalue weighted by Crippen LogP contribution is 2.25. The number of thioether (sulfide) groups is 1. The first-order valence-corrected chi connectivity index (χ1v) is 14.3. The predicted octanol–water partition coefficient (Wildman–Crippen LogP) is -1.27. The van der Waals surface area contributed by atoms with Gasteiger partial charge in [0.2, 0.25) is 23.6 Å². The number of likely N-dealkylation sites (tertiary alicyclic amines) is 1. The van der Waals surface area contributed by atoms with E-state index in [0.29, 0.717) is 65.6 Å². The standard InChI is InChI=1S/C25H41N3O11S/c1-2-35-18-22(31)27-20(19-40-21-17-23(32)28(25(21)34)6-3-7-29)24(33)26-5-10-37-12-14-39-16-15-38-13-11-36-9-4-8-30/h7-8,20-21H,2-6,9-19H2,1H3,(H,26,33)(H,27,31)/t20-,21?/m0/s1. The topological polar surface area (TPSA) is 176 Å². The number of rotatable bonds is 26. The average Bonchev–Trinajstić information content (AvgIpc) is 3.22. The van der Waals surface area contributed by atoms with Crippen LogP contribution in [0.25, 0.3) is 0 Å². The molecule has 1 fully saturated rings. The molecular weight excluding hydrogens is 550 g/mol. The summed E-state index contributed by atoms with van der Waals surface area (Å²) in [6.45, 7) is 4.96. The summed E-state index contributed by atoms with van der Waals surface area (Å²) in [4.78, 5) is 71.3. The van der Waals surface area contributed by atoms with Crippen molar-refractivity contribution < 1.29 is 52.5 Å². The Morgan fingerprint density at radius 1 is 0.925 bits per heavy atom. The van der Waals surface area contributed by atoms with E-state index in [9.17, 15) is 28.8 Å². The summed E-state index contributed by atoms with van der Waals surface area (Å²) in [7, 11) is 0. The van der Waals surface area contributed by atoms with E-state index in [-0.39, 0.29) is 50.8 Å². The van der Waals surface area contributed by atoms with E-state index in [2.05, 4.69) is 10.6 Å². The number of hydrogen-bond acceptors (Lipinski definition) is 12. The highest BCUT2D eigenvalue weighted by Gasteiger charge is 2.39. The smallest absolute Gasteiger partial charge is 0.246 e. The van der Waals surface area contributed by atoms with E-state index in [0.717, 1.165) is 22.9 Å². The maximum Gasteiger partial charge on any atom is 0.246 e. The monoisotopic (exact) mass is 591 g/mol. The molecule has 4 amide bonds. The number of imide groups is 1. The number of hydrogen-bond donors (Lipinski definition) is 2. The molecule has 1 saturated heterocycles. The molecule has 0 aromatic rings. The van der Waals surface area contributed by atoms with Gasteiger partial charge in [-0.1, -0.05) is 0 Å². The summed E-state index contributed by atoms with van der Waals surface area (Å²) in [6, 6.07) is -0.955. The predicted molar refractivity (Wildman–Crippen MR) is 144 cm³/mol. The normalized spacial score (nSPS) is 15.7. The van der Waals surface area contributed by atoms with Crippen LogP contribution in [0.1, 0.15) is 26.2 Å². The summed E-state index contributed by atoms with van der Waals surface area (Å²) in [5.41, 5.74) is 0. The van der Waals surface area contributed by atoms with Crippen LogP contribution in [-0.4, -0.2) is 137 Å². The van der Waals surface area contributed by atoms with E-state index in [1.807, 2.05) is 0 Å². The first-order valence-electron chi connectivity index (χ1n) is 13.2. The SMILES string of the molecule is CCOCC(=O)N[C@@H](CSC1CC(=O)N(CCC=O)C1=O)C(=O)NCCOCCOCCOCCOCCC=O. The third-order valence-electron chi connectivity index (χ3n) is 5.27. The van der Waals surface area contributed by atoms with E-state index in [1.165, 1.54) is 0 Å². The number of amides is 4. The largest absolute Gasteiger partial charge is 0.379 e. The molecule has 40 heavy (non-hydrogen) atoms. The van der Waals surface area contributed by atoms with Gasteiger partial charge in [-0.3, -0.25) is 24.1 Å². The van der Waals surface area contributed by atoms with Gasteiger partial charge in [0.1, 0.15) is 25.2 Å². The van der Waals surface area contributed by atoms with E-state index in [1.54, 1.807) is 6.92 Å². The Bertz CT molecular complexity index is 787. The summed E-state index contributed by atoms with van der Waals surface area (Å²) in [5.74, 6) is -1.64. The third kappa shape index (κ3) is 16.0. The number of carbonyl (C=O) groups is 6. The number of ether oxygens (including phenoxy) is 5. The van der Waals surface area contributed by atoms with Gasteiger partial charge >= 0.3 is 0 Å². The van der Waals surface area contributed by atoms with Crippen molar-refractivity contribution in [2.45, 2.75) is 37.5 Å². The molecule has 1 unspecified atom stereocenters. The van der Waals surface area contributed by atoms with Crippen LogP contribution in [0, 0.1) is 0 Å². The Kier molecular flexibility index (Phi) is 20.7. The van der Waals surface area contributed by atoms with E-state index < -0.39 is 29.0 Å². The fraction of sp³-hybridized carbons (Fsp3) is 0.760. The molecule has 0 radical (unpaired) electrons. The zero-order valence-corrected chi connectivity index (χ0v) is 23.8. The zero-order chi connectivity index (χ0) is 29.4. The lowest BCUT2D eigenvalue weighted by molar-refractivity contribution is -0.138. The number of nitrogens with zero attached hydrogens (tertiary/aromatic N) is 1. The van der Waals surface area contributed by atoms with Crippen molar-refractivity contribution in [3.05, 3.63) is 0 Å². The quantitative estimate of drug-likeness (QED) is 0.0694. The minimum atomic E-state index is -0.955. The highest BCUT2D eigenvalue weighted by molar-refractivity contribution is 8.00. The van der Waals surface area contributed by atoms with Gasteiger partial charge in [0.05, 0.1) is 58.1 Å². The molecule has 14 nitrogen and oxygen atoms in total. The van der Waals surface area contributed by atoms with Gasteiger partial charge in [-0.2, -0.15) is 0 Å². The van der Waals surface area contributed by atoms with Gasteiger partial charge in [-0.05, 0) is 6.92 Å². The Balaban J connectivity index is 2.30. The Morgan fingerprint density at radius 2 is 1.52 bits per heavy atom. The first-order chi connectivity index (χ1) is 19.4. The van der Waals surface area contributed by atoms with Crippen LogP contribution in [0.4, 0.5) is 0 Å². The Hall–Kier alpha value is -2.43. The van der Waals surface area contributed by atoms with Gasteiger partial charge in [0.25, 0.3) is 0 Å². The second kappa shape index (κ2) is 23.3. The minimum Gasteiger partial charge on any atom is -0.379 e. The number of aldehydes is 2. The molecule has 0 spiro atoms. The second-order valence-electron chi connectivity index (χ2n) is 8.32. The molecule has 1 aliphatic rings. The highest BCUT2D eigenvalue weighted by atomic mass is 32.2. The lowest BCUT2D eigenvalue weighted by Crippen LogP contribution is -2.50. The molecule has 1 rings (SSSR count). The van der Waals surface area contributed by atoms with Gasteiger partial charge in [-0.15, -0.1) is 11.8 Å². The Labute approximate surface area is 238 Å². The number of carbonyl (C=O) groups excluding carboxylic acids is 6. The van der Waals surface area contributed by atoms with Gasteiger partial charge in [0, 0.05) is 44.7 Å². The molecular formula is C25H41N3O11S. The van der Waals surface area contributed by atoms with Crippen LogP contribution >= 0.6 is 11.8 Å². The third-order valence-corrected chi connectivity index (χ3v) is 6.56. The van der Waals surface area contributed by atoms with Crippen molar-refractivity contribution in [3.8, 4) is 0 Å². The molecule has 0 saturated carbocycles. The summed E-state index contributed by atoms with van der Waals surface area (Å²) >= 11 is 1.10. The van der Waals surface area contributed by atoms with E-state index in [4.69, 9.17) is 23.7 Å². The molecule has 2 N–H and O–H groups in total. The van der Waals surface area contributed by atoms with Gasteiger partial charge < -0.3 is 43.9 Å². The van der Waals surface area contributed by atoms with Crippen LogP contribution in [0.15, 0.2) is 0 Å². The van der Waals surface area contributed by atoms with Crippen LogP contribution in [0.3, 0.4) is 0 Å². The lowest BCUT2D eigenvalue weighted by Gasteiger charge is -2.20. The van der Waals surface area contributed by atoms with Crippen molar-refractivity contribution >= 4 is 48.0 Å². The lowest BCUT2D eigenvalue weighted by atomic mass is 10.3. The summed E-state index contributed by atoms with van der Waals surface area (Å²) < 4.78 is 26.4. The van der Waals surface area contributed by atoms with Crippen molar-refractivity contribution in [3.63, 3.8) is 0 Å². The van der Waals surface area contributed by atoms with Gasteiger partial charge in [0.15, 0.2) is 0 Å². The maximum absolute atomic E-state index is 12.7. The molecule has 2 atom stereocenters. The van der Waals surface area contributed by atoms with Gasteiger partial charge in [-0.25, -0.2) is 0 Å². The minimum absolute atomic E-state index is 0.0253.